The van der Waals surface area contributed by atoms with Crippen molar-refractivity contribution in [1.82, 2.24) is 15.5 Å². The molecule has 0 saturated carbocycles. The van der Waals surface area contributed by atoms with Crippen molar-refractivity contribution in [1.29, 1.82) is 0 Å². The van der Waals surface area contributed by atoms with E-state index in [9.17, 15) is 4.79 Å². The van der Waals surface area contributed by atoms with Crippen molar-refractivity contribution in [2.45, 2.75) is 19.9 Å². The first kappa shape index (κ1) is 19.3. The molecule has 2 N–H and O–H groups in total. The van der Waals surface area contributed by atoms with E-state index in [1.54, 1.807) is 11.3 Å². The van der Waals surface area contributed by atoms with Crippen LogP contribution in [0.1, 0.15) is 22.7 Å². The average Bonchev–Trinajstić information content (AvgIpc) is 3.04. The van der Waals surface area contributed by atoms with Gasteiger partial charge in [-0.05, 0) is 73.6 Å². The average molecular weight is 362 g/mol. The third-order valence-electron chi connectivity index (χ3n) is 3.86. The van der Waals surface area contributed by atoms with Crippen LogP contribution in [0.15, 0.2) is 35.0 Å². The van der Waals surface area contributed by atoms with Crippen LogP contribution in [-0.4, -0.2) is 44.7 Å². The third-order valence-corrected chi connectivity index (χ3v) is 4.56. The zero-order chi connectivity index (χ0) is 18.2. The number of nitrogens with one attached hydrogen (secondary N) is 2. The van der Waals surface area contributed by atoms with Gasteiger partial charge in [-0.15, -0.1) is 0 Å². The Balaban J connectivity index is 1.70. The third kappa shape index (κ3) is 6.40. The number of urea groups is 1. The molecule has 1 aromatic carbocycles. The smallest absolute Gasteiger partial charge is 0.314 e. The van der Waals surface area contributed by atoms with Crippen LogP contribution in [-0.2, 0) is 0 Å². The largest absolute Gasteiger partial charge is 0.492 e. The minimum absolute atomic E-state index is 0.170. The van der Waals surface area contributed by atoms with Crippen molar-refractivity contribution in [2.24, 2.45) is 0 Å². The van der Waals surface area contributed by atoms with Gasteiger partial charge in [-0.25, -0.2) is 4.79 Å². The minimum Gasteiger partial charge on any atom is -0.492 e. The van der Waals surface area contributed by atoms with E-state index in [2.05, 4.69) is 38.4 Å². The van der Waals surface area contributed by atoms with Gasteiger partial charge >= 0.3 is 6.03 Å². The Morgan fingerprint density at radius 1 is 1.20 bits per heavy atom. The summed E-state index contributed by atoms with van der Waals surface area (Å²) in [5.74, 6) is 0.838. The molecule has 136 valence electrons. The van der Waals surface area contributed by atoms with Crippen LogP contribution >= 0.6 is 11.3 Å². The molecular weight excluding hydrogens is 334 g/mol. The van der Waals surface area contributed by atoms with Crippen LogP contribution in [0.4, 0.5) is 4.79 Å². The predicted molar refractivity (Wildman–Crippen MR) is 104 cm³/mol. The molecule has 5 nitrogen and oxygen atoms in total. The Morgan fingerprint density at radius 2 is 1.92 bits per heavy atom. The van der Waals surface area contributed by atoms with Gasteiger partial charge in [0.2, 0.25) is 0 Å². The Labute approximate surface area is 154 Å². The summed E-state index contributed by atoms with van der Waals surface area (Å²) in [6.07, 6.45) is 0. The fraction of sp³-hybridized carbons (Fsp3) is 0.421. The van der Waals surface area contributed by atoms with E-state index in [1.165, 1.54) is 16.7 Å². The maximum Gasteiger partial charge on any atom is 0.314 e. The first-order valence-electron chi connectivity index (χ1n) is 8.37. The molecule has 0 aliphatic carbocycles. The molecule has 0 fully saturated rings. The molecule has 2 rings (SSSR count). The number of thiophene rings is 1. The monoisotopic (exact) mass is 361 g/mol. The summed E-state index contributed by atoms with van der Waals surface area (Å²) in [5.41, 5.74) is 3.56. The van der Waals surface area contributed by atoms with E-state index in [1.807, 2.05) is 40.1 Å². The molecule has 1 heterocycles. The Bertz CT molecular complexity index is 651. The number of rotatable bonds is 8. The number of hydrogen-bond acceptors (Lipinski definition) is 4. The Kier molecular flexibility index (Phi) is 7.28. The SMILES string of the molecule is Cc1cc(C)cc(OCCNC(=O)NCC(c2ccsc2)N(C)C)c1. The number of aryl methyl sites for hydroxylation is 2. The van der Waals surface area contributed by atoms with Crippen LogP contribution in [0.2, 0.25) is 0 Å². The molecule has 0 bridgehead atoms. The van der Waals surface area contributed by atoms with Gasteiger partial charge in [0, 0.05) is 6.54 Å². The van der Waals surface area contributed by atoms with Crippen LogP contribution in [0.5, 0.6) is 5.75 Å². The molecule has 0 aliphatic rings. The summed E-state index contributed by atoms with van der Waals surface area (Å²) in [7, 11) is 4.03. The highest BCUT2D eigenvalue weighted by Gasteiger charge is 2.15. The number of hydrogen-bond donors (Lipinski definition) is 2. The van der Waals surface area contributed by atoms with E-state index in [-0.39, 0.29) is 12.1 Å². The normalized spacial score (nSPS) is 12.0. The molecular formula is C19H27N3O2S. The number of likely N-dealkylation sites (N-methyl/N-ethyl adjacent to an activating group) is 1. The van der Waals surface area contributed by atoms with E-state index in [0.717, 1.165) is 5.75 Å². The second-order valence-electron chi connectivity index (χ2n) is 6.34. The molecule has 6 heteroatoms. The molecule has 1 atom stereocenters. The minimum atomic E-state index is -0.175. The van der Waals surface area contributed by atoms with Crippen LogP contribution in [0.3, 0.4) is 0 Å². The molecule has 0 spiro atoms. The number of ether oxygens (including phenoxy) is 1. The lowest BCUT2D eigenvalue weighted by atomic mass is 10.1. The van der Waals surface area contributed by atoms with Crippen LogP contribution < -0.4 is 15.4 Å². The number of amides is 2. The summed E-state index contributed by atoms with van der Waals surface area (Å²) in [6.45, 7) is 5.55. The van der Waals surface area contributed by atoms with Gasteiger partial charge < -0.3 is 20.3 Å². The second kappa shape index (κ2) is 9.44. The Morgan fingerprint density at radius 3 is 2.52 bits per heavy atom. The fourth-order valence-electron chi connectivity index (χ4n) is 2.66. The second-order valence-corrected chi connectivity index (χ2v) is 7.12. The van der Waals surface area contributed by atoms with E-state index in [0.29, 0.717) is 19.7 Å². The molecule has 25 heavy (non-hydrogen) atoms. The van der Waals surface area contributed by atoms with E-state index >= 15 is 0 Å². The summed E-state index contributed by atoms with van der Waals surface area (Å²) < 4.78 is 5.69. The van der Waals surface area contributed by atoms with Crippen molar-refractivity contribution in [3.05, 3.63) is 51.7 Å². The van der Waals surface area contributed by atoms with Crippen molar-refractivity contribution < 1.29 is 9.53 Å². The summed E-state index contributed by atoms with van der Waals surface area (Å²) >= 11 is 1.66. The molecule has 0 saturated heterocycles. The first-order chi connectivity index (χ1) is 12.0. The number of benzene rings is 1. The van der Waals surface area contributed by atoms with Crippen LogP contribution in [0, 0.1) is 13.8 Å². The van der Waals surface area contributed by atoms with Gasteiger partial charge in [-0.2, -0.15) is 11.3 Å². The van der Waals surface area contributed by atoms with E-state index in [4.69, 9.17) is 4.74 Å². The lowest BCUT2D eigenvalue weighted by Crippen LogP contribution is -2.41. The summed E-state index contributed by atoms with van der Waals surface area (Å²) in [4.78, 5) is 14.1. The predicted octanol–water partition coefficient (Wildman–Crippen LogP) is 3.35. The highest BCUT2D eigenvalue weighted by Crippen LogP contribution is 2.20. The van der Waals surface area contributed by atoms with Gasteiger partial charge in [0.25, 0.3) is 0 Å². The molecule has 2 amide bonds. The van der Waals surface area contributed by atoms with Crippen molar-refractivity contribution in [2.75, 3.05) is 33.8 Å². The van der Waals surface area contributed by atoms with Gasteiger partial charge in [0.05, 0.1) is 12.6 Å². The number of carbonyl (C=O) groups excluding carboxylic acids is 1. The van der Waals surface area contributed by atoms with Crippen molar-refractivity contribution >= 4 is 17.4 Å². The number of nitrogens with zero attached hydrogens (tertiary/aromatic N) is 1. The molecule has 0 aliphatic heterocycles. The maximum atomic E-state index is 12.0. The maximum absolute atomic E-state index is 12.0. The van der Waals surface area contributed by atoms with Gasteiger partial charge in [-0.3, -0.25) is 0 Å². The molecule has 2 aromatic rings. The lowest BCUT2D eigenvalue weighted by molar-refractivity contribution is 0.229. The highest BCUT2D eigenvalue weighted by molar-refractivity contribution is 7.07. The Hall–Kier alpha value is -2.05. The van der Waals surface area contributed by atoms with Gasteiger partial charge in [-0.1, -0.05) is 6.07 Å². The van der Waals surface area contributed by atoms with Gasteiger partial charge in [0.15, 0.2) is 0 Å². The van der Waals surface area contributed by atoms with E-state index < -0.39 is 0 Å². The standard InChI is InChI=1S/C19H27N3O2S/c1-14-9-15(2)11-17(10-14)24-7-6-20-19(23)21-12-18(22(3)4)16-5-8-25-13-16/h5,8-11,13,18H,6-7,12H2,1-4H3,(H2,20,21,23). The highest BCUT2D eigenvalue weighted by atomic mass is 32.1. The molecule has 0 radical (unpaired) electrons. The zero-order valence-electron chi connectivity index (χ0n) is 15.3. The van der Waals surface area contributed by atoms with Crippen molar-refractivity contribution in [3.63, 3.8) is 0 Å². The van der Waals surface area contributed by atoms with Crippen molar-refractivity contribution in [3.8, 4) is 5.75 Å². The van der Waals surface area contributed by atoms with Crippen LogP contribution in [0.25, 0.3) is 0 Å². The summed E-state index contributed by atoms with van der Waals surface area (Å²) in [6, 6.07) is 8.18. The first-order valence-corrected chi connectivity index (χ1v) is 9.31. The molecule has 1 unspecified atom stereocenters. The fourth-order valence-corrected chi connectivity index (χ4v) is 3.37. The zero-order valence-corrected chi connectivity index (χ0v) is 16.2. The van der Waals surface area contributed by atoms with Gasteiger partial charge in [0.1, 0.15) is 12.4 Å². The quantitative estimate of drug-likeness (QED) is 0.709. The summed E-state index contributed by atoms with van der Waals surface area (Å²) in [5, 5.41) is 9.92. The topological polar surface area (TPSA) is 53.6 Å². The molecule has 1 aromatic heterocycles. The lowest BCUT2D eigenvalue weighted by Gasteiger charge is -2.24. The number of carbonyl (C=O) groups is 1.